The molecule has 0 aliphatic carbocycles. The third-order valence-electron chi connectivity index (χ3n) is 2.75. The van der Waals surface area contributed by atoms with Crippen LogP contribution >= 0.6 is 0 Å². The van der Waals surface area contributed by atoms with Crippen molar-refractivity contribution in [2.75, 3.05) is 7.11 Å². The second-order valence-electron chi connectivity index (χ2n) is 3.95. The SMILES string of the molecule is COc1cccc(-c2[nH]c(=O)c(C#N)cc2C(=O)O)c1. The number of methoxy groups -OCH3 is 1. The predicted molar refractivity (Wildman–Crippen MR) is 70.7 cm³/mol. The quantitative estimate of drug-likeness (QED) is 0.882. The minimum Gasteiger partial charge on any atom is -0.497 e. The van der Waals surface area contributed by atoms with Crippen molar-refractivity contribution in [2.24, 2.45) is 0 Å². The second-order valence-corrected chi connectivity index (χ2v) is 3.95. The summed E-state index contributed by atoms with van der Waals surface area (Å²) in [5, 5.41) is 18.0. The lowest BCUT2D eigenvalue weighted by atomic mass is 10.0. The molecule has 0 fully saturated rings. The van der Waals surface area contributed by atoms with E-state index in [1.54, 1.807) is 30.3 Å². The number of carboxylic acids is 1. The molecule has 0 saturated heterocycles. The molecule has 2 aromatic rings. The number of aromatic nitrogens is 1. The summed E-state index contributed by atoms with van der Waals surface area (Å²) < 4.78 is 5.06. The molecule has 0 unspecified atom stereocenters. The molecule has 0 aliphatic heterocycles. The lowest BCUT2D eigenvalue weighted by molar-refractivity contribution is 0.0697. The average molecular weight is 270 g/mol. The normalized spacial score (nSPS) is 9.80. The number of H-pyrrole nitrogens is 1. The van der Waals surface area contributed by atoms with Gasteiger partial charge in [-0.1, -0.05) is 12.1 Å². The molecule has 1 aromatic carbocycles. The van der Waals surface area contributed by atoms with E-state index < -0.39 is 11.5 Å². The first-order valence-corrected chi connectivity index (χ1v) is 5.62. The van der Waals surface area contributed by atoms with Crippen molar-refractivity contribution >= 4 is 5.97 Å². The molecular weight excluding hydrogens is 260 g/mol. The average Bonchev–Trinajstić information content (AvgIpc) is 2.46. The van der Waals surface area contributed by atoms with Gasteiger partial charge in [0, 0.05) is 5.56 Å². The van der Waals surface area contributed by atoms with Crippen molar-refractivity contribution in [1.82, 2.24) is 4.98 Å². The number of aromatic amines is 1. The van der Waals surface area contributed by atoms with Crippen LogP contribution < -0.4 is 10.3 Å². The first-order valence-electron chi connectivity index (χ1n) is 5.62. The summed E-state index contributed by atoms with van der Waals surface area (Å²) >= 11 is 0. The van der Waals surface area contributed by atoms with Crippen molar-refractivity contribution in [3.63, 3.8) is 0 Å². The van der Waals surface area contributed by atoms with Crippen LogP contribution in [-0.4, -0.2) is 23.2 Å². The van der Waals surface area contributed by atoms with Gasteiger partial charge in [0.05, 0.1) is 18.4 Å². The first-order chi connectivity index (χ1) is 9.56. The number of rotatable bonds is 3. The molecule has 2 N–H and O–H groups in total. The van der Waals surface area contributed by atoms with Crippen molar-refractivity contribution < 1.29 is 14.6 Å². The Balaban J connectivity index is 2.72. The fraction of sp³-hybridized carbons (Fsp3) is 0.0714. The summed E-state index contributed by atoms with van der Waals surface area (Å²) in [6, 6.07) is 9.35. The molecule has 20 heavy (non-hydrogen) atoms. The molecular formula is C14H10N2O4. The predicted octanol–water partition coefficient (Wildman–Crippen LogP) is 1.62. The van der Waals surface area contributed by atoms with Crippen LogP contribution in [0.3, 0.4) is 0 Å². The molecule has 0 bridgehead atoms. The number of nitriles is 1. The highest BCUT2D eigenvalue weighted by Gasteiger charge is 2.16. The van der Waals surface area contributed by atoms with Crippen molar-refractivity contribution in [2.45, 2.75) is 0 Å². The highest BCUT2D eigenvalue weighted by Crippen LogP contribution is 2.24. The number of hydrogen-bond acceptors (Lipinski definition) is 4. The van der Waals surface area contributed by atoms with Gasteiger partial charge in [-0.15, -0.1) is 0 Å². The van der Waals surface area contributed by atoms with E-state index >= 15 is 0 Å². The number of carboxylic acid groups (broad SMARTS) is 1. The Bertz CT molecular complexity index is 771. The van der Waals surface area contributed by atoms with E-state index in [9.17, 15) is 14.7 Å². The number of carbonyl (C=O) groups is 1. The van der Waals surface area contributed by atoms with Gasteiger partial charge in [0.2, 0.25) is 0 Å². The Morgan fingerprint density at radius 2 is 2.15 bits per heavy atom. The first kappa shape index (κ1) is 13.4. The van der Waals surface area contributed by atoms with E-state index in [-0.39, 0.29) is 16.8 Å². The van der Waals surface area contributed by atoms with Crippen LogP contribution in [0.5, 0.6) is 5.75 Å². The highest BCUT2D eigenvalue weighted by molar-refractivity contribution is 5.95. The maximum Gasteiger partial charge on any atom is 0.337 e. The summed E-state index contributed by atoms with van der Waals surface area (Å²) in [5.74, 6) is -0.695. The lowest BCUT2D eigenvalue weighted by Gasteiger charge is -2.08. The molecule has 0 aliphatic rings. The highest BCUT2D eigenvalue weighted by atomic mass is 16.5. The number of hydrogen-bond donors (Lipinski definition) is 2. The Morgan fingerprint density at radius 1 is 1.40 bits per heavy atom. The van der Waals surface area contributed by atoms with Gasteiger partial charge in [-0.3, -0.25) is 4.79 Å². The standard InChI is InChI=1S/C14H10N2O4/c1-20-10-4-2-3-8(5-10)12-11(14(18)19)6-9(7-15)13(17)16-12/h2-6H,1H3,(H,16,17)(H,18,19). The van der Waals surface area contributed by atoms with Crippen molar-refractivity contribution in [3.8, 4) is 23.1 Å². The van der Waals surface area contributed by atoms with E-state index in [4.69, 9.17) is 10.00 Å². The molecule has 0 saturated carbocycles. The van der Waals surface area contributed by atoms with Crippen LogP contribution in [-0.2, 0) is 0 Å². The maximum absolute atomic E-state index is 11.7. The summed E-state index contributed by atoms with van der Waals surface area (Å²) in [6.07, 6.45) is 0. The molecule has 0 amide bonds. The molecule has 0 radical (unpaired) electrons. The van der Waals surface area contributed by atoms with Crippen LogP contribution in [0, 0.1) is 11.3 Å². The van der Waals surface area contributed by atoms with Crippen LogP contribution in [0.15, 0.2) is 35.1 Å². The Hall–Kier alpha value is -3.07. The molecule has 0 atom stereocenters. The minimum atomic E-state index is -1.23. The summed E-state index contributed by atoms with van der Waals surface area (Å²) in [5.41, 5.74) is -0.387. The summed E-state index contributed by atoms with van der Waals surface area (Å²) in [4.78, 5) is 25.4. The van der Waals surface area contributed by atoms with Gasteiger partial charge < -0.3 is 14.8 Å². The fourth-order valence-corrected chi connectivity index (χ4v) is 1.79. The lowest BCUT2D eigenvalue weighted by Crippen LogP contribution is -2.15. The number of pyridine rings is 1. The van der Waals surface area contributed by atoms with Crippen molar-refractivity contribution in [3.05, 3.63) is 51.8 Å². The zero-order chi connectivity index (χ0) is 14.7. The van der Waals surface area contributed by atoms with E-state index in [1.807, 2.05) is 0 Å². The van der Waals surface area contributed by atoms with E-state index in [0.29, 0.717) is 11.3 Å². The monoisotopic (exact) mass is 270 g/mol. The fourth-order valence-electron chi connectivity index (χ4n) is 1.79. The smallest absolute Gasteiger partial charge is 0.337 e. The third-order valence-corrected chi connectivity index (χ3v) is 2.75. The van der Waals surface area contributed by atoms with Gasteiger partial charge in [-0.05, 0) is 18.2 Å². The van der Waals surface area contributed by atoms with Gasteiger partial charge in [-0.25, -0.2) is 4.79 Å². The summed E-state index contributed by atoms with van der Waals surface area (Å²) in [6.45, 7) is 0. The van der Waals surface area contributed by atoms with Crippen LogP contribution in [0.4, 0.5) is 0 Å². The minimum absolute atomic E-state index is 0.139. The molecule has 6 heteroatoms. The molecule has 100 valence electrons. The zero-order valence-electron chi connectivity index (χ0n) is 10.5. The molecule has 1 aromatic heterocycles. The van der Waals surface area contributed by atoms with Crippen LogP contribution in [0.2, 0.25) is 0 Å². The van der Waals surface area contributed by atoms with Crippen molar-refractivity contribution in [1.29, 1.82) is 5.26 Å². The van der Waals surface area contributed by atoms with Gasteiger partial charge in [0.25, 0.3) is 5.56 Å². The van der Waals surface area contributed by atoms with E-state index in [0.717, 1.165) is 6.07 Å². The van der Waals surface area contributed by atoms with Crippen LogP contribution in [0.1, 0.15) is 15.9 Å². The number of nitrogens with one attached hydrogen (secondary N) is 1. The van der Waals surface area contributed by atoms with E-state index in [1.165, 1.54) is 7.11 Å². The van der Waals surface area contributed by atoms with Crippen LogP contribution in [0.25, 0.3) is 11.3 Å². The topological polar surface area (TPSA) is 103 Å². The third kappa shape index (κ3) is 2.37. The molecule has 6 nitrogen and oxygen atoms in total. The summed E-state index contributed by atoms with van der Waals surface area (Å²) in [7, 11) is 1.48. The largest absolute Gasteiger partial charge is 0.497 e. The Morgan fingerprint density at radius 3 is 2.75 bits per heavy atom. The number of nitrogens with zero attached hydrogens (tertiary/aromatic N) is 1. The Kier molecular flexibility index (Phi) is 3.53. The number of ether oxygens (including phenoxy) is 1. The number of aromatic carboxylic acids is 1. The number of benzene rings is 1. The van der Waals surface area contributed by atoms with Gasteiger partial charge in [0.1, 0.15) is 17.4 Å². The van der Waals surface area contributed by atoms with E-state index in [2.05, 4.69) is 4.98 Å². The molecule has 1 heterocycles. The van der Waals surface area contributed by atoms with Gasteiger partial charge in [0.15, 0.2) is 0 Å². The molecule has 0 spiro atoms. The van der Waals surface area contributed by atoms with Gasteiger partial charge >= 0.3 is 5.97 Å². The molecule has 2 rings (SSSR count). The maximum atomic E-state index is 11.7. The second kappa shape index (κ2) is 5.28. The van der Waals surface area contributed by atoms with Gasteiger partial charge in [-0.2, -0.15) is 5.26 Å². The zero-order valence-corrected chi connectivity index (χ0v) is 10.5. The Labute approximate surface area is 113 Å².